The van der Waals surface area contributed by atoms with Gasteiger partial charge in [-0.1, -0.05) is 26.0 Å². The van der Waals surface area contributed by atoms with Crippen LogP contribution in [0.2, 0.25) is 0 Å². The SMILES string of the molecule is CC(C)c1ccc(S(=O)(=O)Nc2cc(F)cc(N3CCOCC3)c2)cc1. The van der Waals surface area contributed by atoms with E-state index in [1.807, 2.05) is 18.7 Å². The number of benzene rings is 2. The smallest absolute Gasteiger partial charge is 0.261 e. The highest BCUT2D eigenvalue weighted by Gasteiger charge is 2.17. The van der Waals surface area contributed by atoms with Crippen molar-refractivity contribution in [2.45, 2.75) is 24.7 Å². The minimum absolute atomic E-state index is 0.152. The molecule has 26 heavy (non-hydrogen) atoms. The Morgan fingerprint density at radius 2 is 1.73 bits per heavy atom. The molecular weight excluding hydrogens is 355 g/mol. The fourth-order valence-corrected chi connectivity index (χ4v) is 3.92. The first-order valence-corrected chi connectivity index (χ1v) is 10.1. The summed E-state index contributed by atoms with van der Waals surface area (Å²) in [6.45, 7) is 6.52. The van der Waals surface area contributed by atoms with Crippen LogP contribution in [0.15, 0.2) is 47.4 Å². The first kappa shape index (κ1) is 18.7. The van der Waals surface area contributed by atoms with Gasteiger partial charge in [0.05, 0.1) is 23.8 Å². The Hall–Kier alpha value is -2.12. The van der Waals surface area contributed by atoms with Crippen LogP contribution in [0.3, 0.4) is 0 Å². The number of morpholine rings is 1. The van der Waals surface area contributed by atoms with E-state index < -0.39 is 15.8 Å². The van der Waals surface area contributed by atoms with Gasteiger partial charge in [0, 0.05) is 18.8 Å². The molecule has 2 aromatic rings. The van der Waals surface area contributed by atoms with Gasteiger partial charge in [0.15, 0.2) is 0 Å². The van der Waals surface area contributed by atoms with E-state index in [0.717, 1.165) is 5.56 Å². The number of rotatable bonds is 5. The second-order valence-electron chi connectivity index (χ2n) is 6.63. The molecule has 1 saturated heterocycles. The van der Waals surface area contributed by atoms with Crippen molar-refractivity contribution in [2.24, 2.45) is 0 Å². The third kappa shape index (κ3) is 4.34. The van der Waals surface area contributed by atoms with Gasteiger partial charge in [0.1, 0.15) is 5.82 Å². The minimum Gasteiger partial charge on any atom is -0.378 e. The topological polar surface area (TPSA) is 58.6 Å². The maximum absolute atomic E-state index is 14.0. The summed E-state index contributed by atoms with van der Waals surface area (Å²) in [4.78, 5) is 2.13. The largest absolute Gasteiger partial charge is 0.378 e. The molecule has 0 unspecified atom stereocenters. The first-order chi connectivity index (χ1) is 12.3. The second-order valence-corrected chi connectivity index (χ2v) is 8.31. The van der Waals surface area contributed by atoms with Crippen molar-refractivity contribution in [1.82, 2.24) is 0 Å². The zero-order chi connectivity index (χ0) is 18.7. The molecule has 0 saturated carbocycles. The molecule has 1 aliphatic rings. The predicted molar refractivity (Wildman–Crippen MR) is 101 cm³/mol. The Kier molecular flexibility index (Phi) is 5.48. The van der Waals surface area contributed by atoms with E-state index in [9.17, 15) is 12.8 Å². The fraction of sp³-hybridized carbons (Fsp3) is 0.368. The molecule has 1 N–H and O–H groups in total. The Morgan fingerprint density at radius 1 is 1.08 bits per heavy atom. The van der Waals surface area contributed by atoms with Crippen LogP contribution in [0.4, 0.5) is 15.8 Å². The highest BCUT2D eigenvalue weighted by Crippen LogP contribution is 2.25. The van der Waals surface area contributed by atoms with Gasteiger partial charge in [0.2, 0.25) is 0 Å². The van der Waals surface area contributed by atoms with E-state index in [4.69, 9.17) is 4.74 Å². The number of anilines is 2. The third-order valence-electron chi connectivity index (χ3n) is 4.37. The Labute approximate surface area is 153 Å². The molecule has 2 aromatic carbocycles. The molecule has 1 heterocycles. The molecule has 0 spiro atoms. The molecule has 0 radical (unpaired) electrons. The van der Waals surface area contributed by atoms with E-state index in [1.54, 1.807) is 30.3 Å². The van der Waals surface area contributed by atoms with Gasteiger partial charge >= 0.3 is 0 Å². The van der Waals surface area contributed by atoms with Gasteiger partial charge in [-0.25, -0.2) is 12.8 Å². The monoisotopic (exact) mass is 378 g/mol. The predicted octanol–water partition coefficient (Wildman–Crippen LogP) is 3.59. The van der Waals surface area contributed by atoms with Gasteiger partial charge in [-0.15, -0.1) is 0 Å². The van der Waals surface area contributed by atoms with Crippen LogP contribution in [-0.4, -0.2) is 34.7 Å². The zero-order valence-corrected chi connectivity index (χ0v) is 15.7. The zero-order valence-electron chi connectivity index (χ0n) is 14.9. The number of nitrogens with zero attached hydrogens (tertiary/aromatic N) is 1. The quantitative estimate of drug-likeness (QED) is 0.864. The lowest BCUT2D eigenvalue weighted by Gasteiger charge is -2.29. The van der Waals surface area contributed by atoms with Gasteiger partial charge in [-0.05, 0) is 41.8 Å². The van der Waals surface area contributed by atoms with Crippen LogP contribution in [-0.2, 0) is 14.8 Å². The lowest BCUT2D eigenvalue weighted by atomic mass is 10.0. The molecule has 5 nitrogen and oxygen atoms in total. The third-order valence-corrected chi connectivity index (χ3v) is 5.77. The Morgan fingerprint density at radius 3 is 2.35 bits per heavy atom. The van der Waals surface area contributed by atoms with Crippen LogP contribution in [0.5, 0.6) is 0 Å². The maximum Gasteiger partial charge on any atom is 0.261 e. The molecule has 1 aliphatic heterocycles. The highest BCUT2D eigenvalue weighted by molar-refractivity contribution is 7.92. The molecule has 0 aliphatic carbocycles. The van der Waals surface area contributed by atoms with Crippen molar-refractivity contribution in [3.05, 3.63) is 53.8 Å². The lowest BCUT2D eigenvalue weighted by Crippen LogP contribution is -2.36. The number of hydrogen-bond donors (Lipinski definition) is 1. The van der Waals surface area contributed by atoms with Crippen LogP contribution in [0.1, 0.15) is 25.3 Å². The van der Waals surface area contributed by atoms with Crippen molar-refractivity contribution in [3.63, 3.8) is 0 Å². The maximum atomic E-state index is 14.0. The van der Waals surface area contributed by atoms with Crippen LogP contribution >= 0.6 is 0 Å². The molecule has 0 bridgehead atoms. The Bertz CT molecular complexity index is 861. The molecule has 3 rings (SSSR count). The molecule has 1 fully saturated rings. The summed E-state index contributed by atoms with van der Waals surface area (Å²) in [5, 5.41) is 0. The highest BCUT2D eigenvalue weighted by atomic mass is 32.2. The summed E-state index contributed by atoms with van der Waals surface area (Å²) in [5.74, 6) is -0.166. The summed E-state index contributed by atoms with van der Waals surface area (Å²) < 4.78 is 47.0. The molecule has 140 valence electrons. The first-order valence-electron chi connectivity index (χ1n) is 8.61. The number of hydrogen-bond acceptors (Lipinski definition) is 4. The van der Waals surface area contributed by atoms with E-state index in [0.29, 0.717) is 37.9 Å². The van der Waals surface area contributed by atoms with Crippen molar-refractivity contribution in [2.75, 3.05) is 35.9 Å². The summed E-state index contributed by atoms with van der Waals surface area (Å²) in [5.41, 5.74) is 1.91. The molecule has 0 amide bonds. The van der Waals surface area contributed by atoms with Crippen molar-refractivity contribution >= 4 is 21.4 Å². The van der Waals surface area contributed by atoms with Crippen molar-refractivity contribution in [3.8, 4) is 0 Å². The minimum atomic E-state index is -3.78. The van der Waals surface area contributed by atoms with Gasteiger partial charge in [-0.2, -0.15) is 0 Å². The fourth-order valence-electron chi connectivity index (χ4n) is 2.88. The summed E-state index contributed by atoms with van der Waals surface area (Å²) in [6, 6.07) is 11.0. The van der Waals surface area contributed by atoms with Crippen LogP contribution in [0, 0.1) is 5.82 Å². The van der Waals surface area contributed by atoms with Gasteiger partial charge in [0.25, 0.3) is 10.0 Å². The molecular formula is C19H23FN2O3S. The van der Waals surface area contributed by atoms with Gasteiger partial charge in [-0.3, -0.25) is 4.72 Å². The van der Waals surface area contributed by atoms with E-state index >= 15 is 0 Å². The molecule has 0 aromatic heterocycles. The second kappa shape index (κ2) is 7.63. The average Bonchev–Trinajstić information content (AvgIpc) is 2.61. The number of sulfonamides is 1. The summed E-state index contributed by atoms with van der Waals surface area (Å²) >= 11 is 0. The standard InChI is InChI=1S/C19H23FN2O3S/c1-14(2)15-3-5-19(6-4-15)26(23,24)21-17-11-16(20)12-18(13-17)22-7-9-25-10-8-22/h3-6,11-14,21H,7-10H2,1-2H3. The number of halogens is 1. The molecule has 7 heteroatoms. The average molecular weight is 378 g/mol. The van der Waals surface area contributed by atoms with E-state index in [-0.39, 0.29) is 10.6 Å². The lowest BCUT2D eigenvalue weighted by molar-refractivity contribution is 0.122. The Balaban J connectivity index is 1.83. The normalized spacial score (nSPS) is 15.3. The number of ether oxygens (including phenoxy) is 1. The van der Waals surface area contributed by atoms with Crippen LogP contribution < -0.4 is 9.62 Å². The van der Waals surface area contributed by atoms with Crippen LogP contribution in [0.25, 0.3) is 0 Å². The number of nitrogens with one attached hydrogen (secondary N) is 1. The van der Waals surface area contributed by atoms with E-state index in [1.165, 1.54) is 12.1 Å². The summed E-state index contributed by atoms with van der Waals surface area (Å²) in [7, 11) is -3.78. The van der Waals surface area contributed by atoms with Gasteiger partial charge < -0.3 is 9.64 Å². The van der Waals surface area contributed by atoms with Crippen molar-refractivity contribution in [1.29, 1.82) is 0 Å². The van der Waals surface area contributed by atoms with E-state index in [2.05, 4.69) is 4.72 Å². The van der Waals surface area contributed by atoms with Crippen molar-refractivity contribution < 1.29 is 17.5 Å². The molecule has 0 atom stereocenters. The summed E-state index contributed by atoms with van der Waals surface area (Å²) in [6.07, 6.45) is 0.